The van der Waals surface area contributed by atoms with Crippen LogP contribution in [0, 0.1) is 17.8 Å². The quantitative estimate of drug-likeness (QED) is 0.257. The number of esters is 1. The first-order valence-corrected chi connectivity index (χ1v) is 15.0. The standard InChI is InChI=1S/C27H34N4O8S2/c1-10-19(38-23(34)26(4,5)6)20-17-12-11-16(13-18(17)31(21(20)33)39-24(35)27(7,8)9)30-41(36,37)22-14(2)28-25(40-22)29-15(3)32/h11-13,30H,10H2,1-9H3,(H,28,29,32)/b20-19-. The molecule has 41 heavy (non-hydrogen) atoms. The largest absolute Gasteiger partial charge is 0.430 e. The Hall–Kier alpha value is -3.78. The van der Waals surface area contributed by atoms with Crippen LogP contribution in [0.15, 0.2) is 28.2 Å². The fourth-order valence-corrected chi connectivity index (χ4v) is 5.99. The second-order valence-corrected chi connectivity index (χ2v) is 14.3. The highest BCUT2D eigenvalue weighted by Crippen LogP contribution is 2.42. The molecule has 12 nitrogen and oxygen atoms in total. The molecule has 1 aromatic carbocycles. The zero-order chi connectivity index (χ0) is 31.1. The minimum absolute atomic E-state index is 0.0227. The highest BCUT2D eigenvalue weighted by molar-refractivity contribution is 7.94. The molecule has 14 heteroatoms. The van der Waals surface area contributed by atoms with Crippen molar-refractivity contribution in [3.63, 3.8) is 0 Å². The predicted octanol–water partition coefficient (Wildman–Crippen LogP) is 4.77. The Labute approximate surface area is 243 Å². The number of nitrogens with zero attached hydrogens (tertiary/aromatic N) is 2. The van der Waals surface area contributed by atoms with E-state index in [4.69, 9.17) is 9.57 Å². The summed E-state index contributed by atoms with van der Waals surface area (Å²) in [4.78, 5) is 60.0. The fraction of sp³-hybridized carbons (Fsp3) is 0.444. The number of nitrogens with one attached hydrogen (secondary N) is 2. The van der Waals surface area contributed by atoms with Crippen LogP contribution in [0.5, 0.6) is 0 Å². The zero-order valence-electron chi connectivity index (χ0n) is 24.4. The number of hydrogen-bond donors (Lipinski definition) is 2. The number of fused-ring (bicyclic) bond motifs is 1. The van der Waals surface area contributed by atoms with Crippen molar-refractivity contribution in [3.05, 3.63) is 35.2 Å². The van der Waals surface area contributed by atoms with Crippen LogP contribution >= 0.6 is 11.3 Å². The van der Waals surface area contributed by atoms with Crippen LogP contribution in [0.1, 0.15) is 73.1 Å². The molecule has 0 aliphatic carbocycles. The van der Waals surface area contributed by atoms with Crippen molar-refractivity contribution in [2.75, 3.05) is 15.1 Å². The molecule has 0 unspecified atom stereocenters. The number of aryl methyl sites for hydroxylation is 1. The van der Waals surface area contributed by atoms with E-state index in [1.165, 1.54) is 32.0 Å². The number of carbonyl (C=O) groups excluding carboxylic acids is 4. The maximum Gasteiger partial charge on any atom is 0.338 e. The normalized spacial score (nSPS) is 14.9. The number of rotatable bonds is 7. The first-order chi connectivity index (χ1) is 18.8. The summed E-state index contributed by atoms with van der Waals surface area (Å²) >= 11 is 0.783. The summed E-state index contributed by atoms with van der Waals surface area (Å²) < 4.78 is 34.4. The van der Waals surface area contributed by atoms with Gasteiger partial charge in [0.2, 0.25) is 5.91 Å². The molecule has 0 atom stereocenters. The van der Waals surface area contributed by atoms with Crippen molar-refractivity contribution >= 4 is 67.2 Å². The van der Waals surface area contributed by atoms with Gasteiger partial charge in [-0.1, -0.05) is 18.3 Å². The fourth-order valence-electron chi connectivity index (χ4n) is 3.48. The SMILES string of the molecule is CC/C(OC(=O)C(C)(C)C)=C1/C(=O)N(OC(=O)C(C)(C)C)c2cc(NS(=O)(=O)c3sc(NC(C)=O)nc3C)ccc21. The van der Waals surface area contributed by atoms with Gasteiger partial charge in [0, 0.05) is 18.9 Å². The van der Waals surface area contributed by atoms with E-state index < -0.39 is 44.6 Å². The number of thiazole rings is 1. The molecule has 0 bridgehead atoms. The molecule has 2 amide bonds. The maximum atomic E-state index is 13.6. The van der Waals surface area contributed by atoms with Gasteiger partial charge in [0.1, 0.15) is 5.76 Å². The van der Waals surface area contributed by atoms with Crippen LogP contribution in [0.2, 0.25) is 0 Å². The van der Waals surface area contributed by atoms with Crippen LogP contribution in [0.4, 0.5) is 16.5 Å². The molecular weight excluding hydrogens is 572 g/mol. The molecule has 2 aromatic rings. The third kappa shape index (κ3) is 6.93. The summed E-state index contributed by atoms with van der Waals surface area (Å²) in [7, 11) is -4.16. The van der Waals surface area contributed by atoms with Gasteiger partial charge in [0.05, 0.1) is 33.5 Å². The van der Waals surface area contributed by atoms with Gasteiger partial charge < -0.3 is 14.9 Å². The molecule has 0 saturated heterocycles. The maximum absolute atomic E-state index is 13.6. The van der Waals surface area contributed by atoms with Gasteiger partial charge in [-0.05, 0) is 66.7 Å². The molecule has 0 radical (unpaired) electrons. The lowest BCUT2D eigenvalue weighted by atomic mass is 9.97. The second kappa shape index (κ2) is 11.2. The van der Waals surface area contributed by atoms with Crippen LogP contribution < -0.4 is 15.1 Å². The lowest BCUT2D eigenvalue weighted by Gasteiger charge is -2.22. The number of aromatic nitrogens is 1. The third-order valence-corrected chi connectivity index (χ3v) is 8.70. The summed E-state index contributed by atoms with van der Waals surface area (Å²) in [6.07, 6.45) is 0.180. The van der Waals surface area contributed by atoms with Crippen molar-refractivity contribution in [2.24, 2.45) is 10.8 Å². The van der Waals surface area contributed by atoms with Crippen molar-refractivity contribution in [3.8, 4) is 0 Å². The van der Waals surface area contributed by atoms with E-state index in [0.717, 1.165) is 16.4 Å². The molecule has 2 heterocycles. The summed E-state index contributed by atoms with van der Waals surface area (Å²) in [5.41, 5.74) is -1.17. The summed E-state index contributed by atoms with van der Waals surface area (Å²) in [6.45, 7) is 14.4. The van der Waals surface area contributed by atoms with Gasteiger partial charge in [-0.25, -0.2) is 18.2 Å². The number of benzene rings is 1. The topological polar surface area (TPSA) is 161 Å². The molecule has 3 rings (SSSR count). The first-order valence-electron chi connectivity index (χ1n) is 12.7. The Balaban J connectivity index is 2.10. The van der Waals surface area contributed by atoms with E-state index in [-0.39, 0.29) is 44.2 Å². The van der Waals surface area contributed by atoms with Gasteiger partial charge in [0.25, 0.3) is 15.9 Å². The van der Waals surface area contributed by atoms with Gasteiger partial charge in [-0.15, -0.1) is 5.06 Å². The molecular formula is C27H34N4O8S2. The van der Waals surface area contributed by atoms with E-state index in [1.807, 2.05) is 0 Å². The van der Waals surface area contributed by atoms with Gasteiger partial charge in [-0.3, -0.25) is 19.1 Å². The number of hydrogen-bond acceptors (Lipinski definition) is 10. The molecule has 1 aliphatic rings. The molecule has 1 aliphatic heterocycles. The monoisotopic (exact) mass is 606 g/mol. The van der Waals surface area contributed by atoms with Crippen LogP contribution in [0.25, 0.3) is 5.57 Å². The second-order valence-electron chi connectivity index (χ2n) is 11.4. The molecule has 2 N–H and O–H groups in total. The van der Waals surface area contributed by atoms with E-state index in [2.05, 4.69) is 15.0 Å². The van der Waals surface area contributed by atoms with Crippen LogP contribution in [0.3, 0.4) is 0 Å². The first kappa shape index (κ1) is 31.7. The van der Waals surface area contributed by atoms with Gasteiger partial charge >= 0.3 is 11.9 Å². The lowest BCUT2D eigenvalue weighted by Crippen LogP contribution is -2.35. The van der Waals surface area contributed by atoms with Gasteiger partial charge in [0.15, 0.2) is 9.34 Å². The van der Waals surface area contributed by atoms with Gasteiger partial charge in [-0.2, -0.15) is 0 Å². The van der Waals surface area contributed by atoms with Crippen LogP contribution in [-0.2, 0) is 38.8 Å². The predicted molar refractivity (Wildman–Crippen MR) is 154 cm³/mol. The van der Waals surface area contributed by atoms with Crippen molar-refractivity contribution in [1.29, 1.82) is 0 Å². The summed E-state index contributed by atoms with van der Waals surface area (Å²) in [6, 6.07) is 4.26. The van der Waals surface area contributed by atoms with Crippen molar-refractivity contribution < 1.29 is 37.2 Å². The minimum Gasteiger partial charge on any atom is -0.430 e. The van der Waals surface area contributed by atoms with Crippen LogP contribution in [-0.4, -0.2) is 37.2 Å². The number of ether oxygens (including phenoxy) is 1. The van der Waals surface area contributed by atoms with Crippen molar-refractivity contribution in [2.45, 2.75) is 72.9 Å². The third-order valence-electron chi connectivity index (χ3n) is 5.63. The Morgan fingerprint density at radius 3 is 2.20 bits per heavy atom. The Kier molecular flexibility index (Phi) is 8.70. The molecule has 0 saturated carbocycles. The van der Waals surface area contributed by atoms with E-state index in [1.54, 1.807) is 48.5 Å². The highest BCUT2D eigenvalue weighted by atomic mass is 32.2. The summed E-state index contributed by atoms with van der Waals surface area (Å²) in [5, 5.41) is 3.37. The summed E-state index contributed by atoms with van der Waals surface area (Å²) in [5.74, 6) is -2.31. The minimum atomic E-state index is -4.16. The number of hydroxylamine groups is 1. The molecule has 1 aromatic heterocycles. The molecule has 0 spiro atoms. The lowest BCUT2D eigenvalue weighted by molar-refractivity contribution is -0.157. The number of anilines is 3. The Morgan fingerprint density at radius 2 is 1.66 bits per heavy atom. The number of carbonyl (C=O) groups is 4. The molecule has 0 fully saturated rings. The number of allylic oxidation sites excluding steroid dienone is 1. The van der Waals surface area contributed by atoms with Crippen molar-refractivity contribution in [1.82, 2.24) is 4.98 Å². The number of sulfonamides is 1. The zero-order valence-corrected chi connectivity index (χ0v) is 26.0. The number of amides is 2. The average Bonchev–Trinajstić information content (AvgIpc) is 3.32. The highest BCUT2D eigenvalue weighted by Gasteiger charge is 2.41. The smallest absolute Gasteiger partial charge is 0.338 e. The Bertz CT molecular complexity index is 1560. The van der Waals surface area contributed by atoms with E-state index >= 15 is 0 Å². The molecule has 222 valence electrons. The van der Waals surface area contributed by atoms with E-state index in [9.17, 15) is 27.6 Å². The Morgan fingerprint density at radius 1 is 1.05 bits per heavy atom. The van der Waals surface area contributed by atoms with E-state index in [0.29, 0.717) is 5.56 Å². The average molecular weight is 607 g/mol.